The third-order valence-electron chi connectivity index (χ3n) is 3.74. The lowest BCUT2D eigenvalue weighted by Gasteiger charge is -2.08. The minimum Gasteiger partial charge on any atom is -0.464 e. The highest BCUT2D eigenvalue weighted by molar-refractivity contribution is 7.99. The van der Waals surface area contributed by atoms with Crippen molar-refractivity contribution in [1.29, 1.82) is 0 Å². The van der Waals surface area contributed by atoms with Gasteiger partial charge in [-0.2, -0.15) is 5.10 Å². The number of ether oxygens (including phenoxy) is 1. The maximum Gasteiger partial charge on any atom is 0.356 e. The molecule has 0 aliphatic carbocycles. The van der Waals surface area contributed by atoms with E-state index in [1.165, 1.54) is 24.9 Å². The molecule has 0 saturated carbocycles. The van der Waals surface area contributed by atoms with Crippen LogP contribution in [0, 0.1) is 6.92 Å². The number of hydrogen-bond donors (Lipinski definition) is 3. The number of carbonyl (C=O) groups excluding carboxylic acids is 2. The van der Waals surface area contributed by atoms with Gasteiger partial charge < -0.3 is 15.4 Å². The number of esters is 1. The van der Waals surface area contributed by atoms with Crippen LogP contribution in [0.1, 0.15) is 29.5 Å². The van der Waals surface area contributed by atoms with Crippen LogP contribution >= 0.6 is 11.8 Å². The summed E-state index contributed by atoms with van der Waals surface area (Å²) >= 11 is 1.28. The topological polar surface area (TPSA) is 122 Å². The molecular weight excluding hydrogens is 392 g/mol. The first-order valence-electron chi connectivity index (χ1n) is 8.81. The van der Waals surface area contributed by atoms with E-state index in [4.69, 9.17) is 4.74 Å². The number of carbonyl (C=O) groups is 2. The Bertz CT molecular complexity index is 1020. The Kier molecular flexibility index (Phi) is 6.45. The van der Waals surface area contributed by atoms with Gasteiger partial charge in [-0.05, 0) is 43.0 Å². The van der Waals surface area contributed by atoms with Crippen molar-refractivity contribution < 1.29 is 14.3 Å². The van der Waals surface area contributed by atoms with Gasteiger partial charge in [0.05, 0.1) is 12.8 Å². The van der Waals surface area contributed by atoms with Gasteiger partial charge in [0.25, 0.3) is 0 Å². The highest BCUT2D eigenvalue weighted by atomic mass is 32.2. The van der Waals surface area contributed by atoms with E-state index < -0.39 is 5.97 Å². The number of H-pyrrole nitrogens is 1. The fourth-order valence-electron chi connectivity index (χ4n) is 2.33. The molecule has 3 aromatic rings. The van der Waals surface area contributed by atoms with E-state index in [0.717, 1.165) is 10.6 Å². The average molecular weight is 412 g/mol. The molecule has 1 amide bonds. The molecule has 0 unspecified atom stereocenters. The minimum absolute atomic E-state index is 0.0516. The number of anilines is 3. The van der Waals surface area contributed by atoms with E-state index in [0.29, 0.717) is 28.9 Å². The molecule has 0 aliphatic heterocycles. The zero-order valence-corrected chi connectivity index (χ0v) is 17.0. The number of aryl methyl sites for hydroxylation is 1. The molecule has 0 saturated heterocycles. The summed E-state index contributed by atoms with van der Waals surface area (Å²) in [5, 5.41) is 13.1. The lowest BCUT2D eigenvalue weighted by molar-refractivity contribution is -0.115. The van der Waals surface area contributed by atoms with Crippen LogP contribution in [0.15, 0.2) is 46.5 Å². The second kappa shape index (κ2) is 9.20. The molecule has 10 heteroatoms. The van der Waals surface area contributed by atoms with Crippen molar-refractivity contribution in [3.05, 3.63) is 47.8 Å². The van der Waals surface area contributed by atoms with E-state index in [9.17, 15) is 9.59 Å². The summed E-state index contributed by atoms with van der Waals surface area (Å²) < 4.78 is 4.79. The minimum atomic E-state index is -0.560. The van der Waals surface area contributed by atoms with Crippen LogP contribution in [0.5, 0.6) is 0 Å². The van der Waals surface area contributed by atoms with Crippen molar-refractivity contribution in [2.45, 2.75) is 30.3 Å². The van der Waals surface area contributed by atoms with E-state index in [2.05, 4.69) is 30.8 Å². The van der Waals surface area contributed by atoms with Crippen LogP contribution in [0.4, 0.5) is 17.3 Å². The lowest BCUT2D eigenvalue weighted by atomic mass is 10.3. The molecule has 2 aromatic heterocycles. The smallest absolute Gasteiger partial charge is 0.356 e. The number of aromatic nitrogens is 4. The first kappa shape index (κ1) is 20.3. The van der Waals surface area contributed by atoms with E-state index in [1.807, 2.05) is 25.1 Å². The van der Waals surface area contributed by atoms with Gasteiger partial charge in [-0.1, -0.05) is 6.92 Å². The standard InChI is InChI=1S/C19H20N6O3S/c1-4-17(26)20-12-5-7-13(8-6-12)29-19-21-14(18(27)28-3)10-15(23-19)22-16-9-11(2)24-25-16/h5-10H,4H2,1-3H3,(H,20,26)(H2,21,22,23,24,25). The molecule has 9 nitrogen and oxygen atoms in total. The molecule has 2 heterocycles. The van der Waals surface area contributed by atoms with Crippen LogP contribution < -0.4 is 10.6 Å². The van der Waals surface area contributed by atoms with Crippen molar-refractivity contribution in [3.8, 4) is 0 Å². The van der Waals surface area contributed by atoms with Gasteiger partial charge in [0.2, 0.25) is 5.91 Å². The molecule has 0 fully saturated rings. The molecule has 29 heavy (non-hydrogen) atoms. The van der Waals surface area contributed by atoms with Gasteiger partial charge >= 0.3 is 5.97 Å². The molecule has 3 N–H and O–H groups in total. The van der Waals surface area contributed by atoms with Gasteiger partial charge in [-0.25, -0.2) is 14.8 Å². The largest absolute Gasteiger partial charge is 0.464 e. The van der Waals surface area contributed by atoms with Crippen LogP contribution in [-0.2, 0) is 9.53 Å². The number of hydrogen-bond acceptors (Lipinski definition) is 8. The van der Waals surface area contributed by atoms with Crippen molar-refractivity contribution in [3.63, 3.8) is 0 Å². The zero-order valence-electron chi connectivity index (χ0n) is 16.1. The Hall–Kier alpha value is -3.40. The third-order valence-corrected chi connectivity index (χ3v) is 4.61. The molecule has 0 bridgehead atoms. The first-order valence-corrected chi connectivity index (χ1v) is 9.62. The van der Waals surface area contributed by atoms with Crippen LogP contribution in [0.2, 0.25) is 0 Å². The lowest BCUT2D eigenvalue weighted by Crippen LogP contribution is -2.09. The quantitative estimate of drug-likeness (QED) is 0.398. The second-order valence-electron chi connectivity index (χ2n) is 5.99. The number of benzene rings is 1. The highest BCUT2D eigenvalue weighted by Gasteiger charge is 2.14. The predicted molar refractivity (Wildman–Crippen MR) is 109 cm³/mol. The van der Waals surface area contributed by atoms with Crippen LogP contribution in [0.3, 0.4) is 0 Å². The monoisotopic (exact) mass is 412 g/mol. The first-order chi connectivity index (χ1) is 14.0. The molecule has 0 radical (unpaired) electrons. The Morgan fingerprint density at radius 3 is 2.55 bits per heavy atom. The molecule has 150 valence electrons. The summed E-state index contributed by atoms with van der Waals surface area (Å²) in [5.41, 5.74) is 1.66. The van der Waals surface area contributed by atoms with E-state index in [1.54, 1.807) is 19.1 Å². The number of rotatable bonds is 7. The molecule has 0 atom stereocenters. The summed E-state index contributed by atoms with van der Waals surface area (Å²) in [6, 6.07) is 10.6. The molecule has 0 spiro atoms. The van der Waals surface area contributed by atoms with Crippen molar-refractivity contribution in [2.24, 2.45) is 0 Å². The molecule has 1 aromatic carbocycles. The number of nitrogens with zero attached hydrogens (tertiary/aromatic N) is 3. The summed E-state index contributed by atoms with van der Waals surface area (Å²) in [5.74, 6) is 0.461. The number of aromatic amines is 1. The maximum absolute atomic E-state index is 12.0. The third kappa shape index (κ3) is 5.55. The van der Waals surface area contributed by atoms with Gasteiger partial charge in [0.15, 0.2) is 10.9 Å². The highest BCUT2D eigenvalue weighted by Crippen LogP contribution is 2.28. The number of amides is 1. The summed E-state index contributed by atoms with van der Waals surface area (Å²) in [4.78, 5) is 33.0. The van der Waals surface area contributed by atoms with Crippen molar-refractivity contribution in [1.82, 2.24) is 20.2 Å². The Labute approximate surface area is 171 Å². The average Bonchev–Trinajstić information content (AvgIpc) is 3.13. The van der Waals surface area contributed by atoms with Crippen LogP contribution in [0.25, 0.3) is 0 Å². The van der Waals surface area contributed by atoms with Gasteiger partial charge in [0, 0.05) is 29.1 Å². The zero-order chi connectivity index (χ0) is 20.8. The van der Waals surface area contributed by atoms with E-state index in [-0.39, 0.29) is 11.6 Å². The van der Waals surface area contributed by atoms with Gasteiger partial charge in [-0.3, -0.25) is 9.89 Å². The Morgan fingerprint density at radius 1 is 1.17 bits per heavy atom. The van der Waals surface area contributed by atoms with Gasteiger partial charge in [-0.15, -0.1) is 0 Å². The molecule has 3 rings (SSSR count). The van der Waals surface area contributed by atoms with Crippen LogP contribution in [-0.4, -0.2) is 39.2 Å². The Morgan fingerprint density at radius 2 is 1.93 bits per heavy atom. The summed E-state index contributed by atoms with van der Waals surface area (Å²) in [6.07, 6.45) is 0.413. The normalized spacial score (nSPS) is 10.4. The van der Waals surface area contributed by atoms with Crippen molar-refractivity contribution in [2.75, 3.05) is 17.7 Å². The fraction of sp³-hybridized carbons (Fsp3) is 0.211. The number of methoxy groups -OCH3 is 1. The van der Waals surface area contributed by atoms with Crippen molar-refractivity contribution >= 4 is 41.0 Å². The van der Waals surface area contributed by atoms with E-state index >= 15 is 0 Å². The molecule has 0 aliphatic rings. The number of nitrogens with one attached hydrogen (secondary N) is 3. The summed E-state index contributed by atoms with van der Waals surface area (Å²) in [7, 11) is 1.30. The summed E-state index contributed by atoms with van der Waals surface area (Å²) in [6.45, 7) is 3.65. The van der Waals surface area contributed by atoms with Gasteiger partial charge in [0.1, 0.15) is 11.6 Å². The predicted octanol–water partition coefficient (Wildman–Crippen LogP) is 3.54. The maximum atomic E-state index is 12.0. The fourth-order valence-corrected chi connectivity index (χ4v) is 3.10. The SMILES string of the molecule is CCC(=O)Nc1ccc(Sc2nc(Nc3cc(C)n[nH]3)cc(C(=O)OC)n2)cc1. The Balaban J connectivity index is 1.82. The molecular formula is C19H20N6O3S. The second-order valence-corrected chi connectivity index (χ2v) is 7.03.